The number of hydrogen-bond acceptors (Lipinski definition) is 5. The Kier molecular flexibility index (Phi) is 7.79. The van der Waals surface area contributed by atoms with Crippen molar-refractivity contribution in [3.63, 3.8) is 0 Å². The Morgan fingerprint density at radius 2 is 1.65 bits per heavy atom. The predicted octanol–water partition coefficient (Wildman–Crippen LogP) is 9.80. The van der Waals surface area contributed by atoms with Gasteiger partial charge < -0.3 is 9.64 Å². The van der Waals surface area contributed by atoms with Gasteiger partial charge in [0.2, 0.25) is 0 Å². The minimum absolute atomic E-state index is 0.00567. The van der Waals surface area contributed by atoms with Gasteiger partial charge in [0.1, 0.15) is 18.2 Å². The van der Waals surface area contributed by atoms with Crippen LogP contribution in [-0.2, 0) is 28.0 Å². The number of benzene rings is 1. The van der Waals surface area contributed by atoms with Gasteiger partial charge in [0, 0.05) is 24.1 Å². The van der Waals surface area contributed by atoms with Gasteiger partial charge in [-0.15, -0.1) is 0 Å². The van der Waals surface area contributed by atoms with Gasteiger partial charge in [-0.2, -0.15) is 0 Å². The van der Waals surface area contributed by atoms with Crippen LogP contribution in [-0.4, -0.2) is 29.0 Å². The van der Waals surface area contributed by atoms with E-state index in [4.69, 9.17) is 14.7 Å². The molecule has 1 aliphatic heterocycles. The smallest absolute Gasteiger partial charge is 0.313 e. The Bertz CT molecular complexity index is 1660. The van der Waals surface area contributed by atoms with Crippen LogP contribution >= 0.6 is 0 Å². The quantitative estimate of drug-likeness (QED) is 0.241. The first-order chi connectivity index (χ1) is 23.3. The van der Waals surface area contributed by atoms with Gasteiger partial charge in [-0.1, -0.05) is 90.4 Å². The number of allylic oxidation sites excluding steroid dienone is 2. The van der Waals surface area contributed by atoms with E-state index in [-0.39, 0.29) is 33.5 Å². The van der Waals surface area contributed by atoms with Crippen LogP contribution in [0.1, 0.15) is 129 Å². The van der Waals surface area contributed by atoms with Gasteiger partial charge in [-0.25, -0.2) is 9.97 Å². The van der Waals surface area contributed by atoms with E-state index in [1.54, 1.807) is 5.57 Å². The zero-order valence-electron chi connectivity index (χ0n) is 31.7. The first kappa shape index (κ1) is 33.5. The average Bonchev–Trinajstić information content (AvgIpc) is 3.61. The fraction of sp³-hybridized carbons (Fsp3) is 0.705. The summed E-state index contributed by atoms with van der Waals surface area (Å²) >= 11 is 0. The largest absolute Gasteiger partial charge is 0.460 e. The number of anilines is 1. The molecule has 0 spiro atoms. The number of fused-ring (bicyclic) bond motifs is 8. The minimum atomic E-state index is -0.415. The monoisotopic (exact) mass is 663 g/mol. The van der Waals surface area contributed by atoms with Crippen molar-refractivity contribution in [2.24, 2.45) is 51.2 Å². The number of ether oxygens (including phenoxy) is 1. The lowest BCUT2D eigenvalue weighted by Gasteiger charge is -2.71. The third-order valence-electron chi connectivity index (χ3n) is 16.4. The lowest BCUT2D eigenvalue weighted by molar-refractivity contribution is -0.184. The molecule has 0 amide bonds. The first-order valence-corrected chi connectivity index (χ1v) is 19.8. The maximum atomic E-state index is 14.4. The van der Waals surface area contributed by atoms with E-state index in [9.17, 15) is 4.79 Å². The van der Waals surface area contributed by atoms with Crippen molar-refractivity contribution in [3.05, 3.63) is 64.6 Å². The number of esters is 1. The molecule has 1 aromatic carbocycles. The number of rotatable bonds is 4. The summed E-state index contributed by atoms with van der Waals surface area (Å²) in [6.07, 6.45) is 14.0. The summed E-state index contributed by atoms with van der Waals surface area (Å²) in [7, 11) is 0. The number of aromatic nitrogens is 2. The van der Waals surface area contributed by atoms with Gasteiger partial charge in [-0.05, 0) is 123 Å². The first-order valence-electron chi connectivity index (χ1n) is 19.8. The molecule has 2 aromatic rings. The second-order valence-electron chi connectivity index (χ2n) is 18.9. The second kappa shape index (κ2) is 11.4. The highest BCUT2D eigenvalue weighted by molar-refractivity contribution is 5.79. The molecule has 1 aromatic heterocycles. The molecule has 6 aliphatic rings. The SMILES string of the molecule is Cc1nc(N2CCCC2)c2c(n1)C(C)(C)[C@@H]1CC[C@]3(C)[C@H](CC=C4[C@@H]5[C@@H](C)[C@H](C)CC[C@]5(C(=O)OCc5ccccc5)CC[C@]43C)[C@@]1(C)C2. The van der Waals surface area contributed by atoms with Crippen LogP contribution in [0.2, 0.25) is 0 Å². The zero-order chi connectivity index (χ0) is 34.6. The molecule has 2 heterocycles. The molecule has 9 atom stereocenters. The number of carbonyl (C=O) groups excluding carboxylic acids is 1. The van der Waals surface area contributed by atoms with Gasteiger partial charge in [0.25, 0.3) is 0 Å². The number of nitrogens with zero attached hydrogens (tertiary/aromatic N) is 3. The molecule has 8 rings (SSSR count). The molecule has 5 nitrogen and oxygen atoms in total. The van der Waals surface area contributed by atoms with Gasteiger partial charge in [-0.3, -0.25) is 4.79 Å². The van der Waals surface area contributed by atoms with Crippen molar-refractivity contribution in [1.29, 1.82) is 0 Å². The Labute approximate surface area is 296 Å². The molecule has 5 aliphatic carbocycles. The Morgan fingerprint density at radius 3 is 2.39 bits per heavy atom. The molecule has 5 heteroatoms. The lowest BCUT2D eigenvalue weighted by Crippen LogP contribution is -2.65. The summed E-state index contributed by atoms with van der Waals surface area (Å²) in [5, 5.41) is 0. The summed E-state index contributed by atoms with van der Waals surface area (Å²) in [6, 6.07) is 10.2. The van der Waals surface area contributed by atoms with Crippen LogP contribution in [0.15, 0.2) is 42.0 Å². The maximum absolute atomic E-state index is 14.4. The Hall–Kier alpha value is -2.69. The summed E-state index contributed by atoms with van der Waals surface area (Å²) in [4.78, 5) is 27.4. The van der Waals surface area contributed by atoms with E-state index in [2.05, 4.69) is 78.5 Å². The predicted molar refractivity (Wildman–Crippen MR) is 197 cm³/mol. The van der Waals surface area contributed by atoms with Crippen LogP contribution in [0.5, 0.6) is 0 Å². The highest BCUT2D eigenvalue weighted by atomic mass is 16.5. The molecule has 1 saturated heterocycles. The number of aryl methyl sites for hydroxylation is 1. The number of carbonyl (C=O) groups is 1. The van der Waals surface area contributed by atoms with E-state index < -0.39 is 5.41 Å². The molecule has 0 unspecified atom stereocenters. The molecule has 49 heavy (non-hydrogen) atoms. The molecule has 3 saturated carbocycles. The summed E-state index contributed by atoms with van der Waals surface area (Å²) in [5.41, 5.74) is 5.41. The third kappa shape index (κ3) is 4.64. The molecule has 0 N–H and O–H groups in total. The fourth-order valence-corrected chi connectivity index (χ4v) is 13.5. The summed E-state index contributed by atoms with van der Waals surface area (Å²) < 4.78 is 6.28. The van der Waals surface area contributed by atoms with Crippen LogP contribution in [0, 0.1) is 58.2 Å². The van der Waals surface area contributed by atoms with Crippen molar-refractivity contribution >= 4 is 11.8 Å². The van der Waals surface area contributed by atoms with Gasteiger partial charge in [0.15, 0.2) is 0 Å². The van der Waals surface area contributed by atoms with Crippen molar-refractivity contribution < 1.29 is 9.53 Å². The van der Waals surface area contributed by atoms with Crippen molar-refractivity contribution in [3.8, 4) is 0 Å². The van der Waals surface area contributed by atoms with Crippen LogP contribution in [0.25, 0.3) is 0 Å². The van der Waals surface area contributed by atoms with Gasteiger partial charge >= 0.3 is 5.97 Å². The average molecular weight is 664 g/mol. The van der Waals surface area contributed by atoms with E-state index in [0.717, 1.165) is 63.0 Å². The minimum Gasteiger partial charge on any atom is -0.460 e. The molecule has 264 valence electrons. The highest BCUT2D eigenvalue weighted by Crippen LogP contribution is 2.75. The van der Waals surface area contributed by atoms with Crippen LogP contribution in [0.4, 0.5) is 5.82 Å². The van der Waals surface area contributed by atoms with Crippen molar-refractivity contribution in [2.75, 3.05) is 18.0 Å². The van der Waals surface area contributed by atoms with E-state index in [0.29, 0.717) is 30.3 Å². The normalized spacial score (nSPS) is 40.6. The van der Waals surface area contributed by atoms with Crippen LogP contribution in [0.3, 0.4) is 0 Å². The summed E-state index contributed by atoms with van der Waals surface area (Å²) in [5.74, 6) is 4.68. The highest BCUT2D eigenvalue weighted by Gasteiger charge is 2.70. The second-order valence-corrected chi connectivity index (χ2v) is 18.9. The molecular weight excluding hydrogens is 603 g/mol. The van der Waals surface area contributed by atoms with Crippen molar-refractivity contribution in [2.45, 2.75) is 132 Å². The molecule has 0 radical (unpaired) electrons. The Balaban J connectivity index is 1.19. The topological polar surface area (TPSA) is 55.3 Å². The lowest BCUT2D eigenvalue weighted by atomic mass is 9.33. The Morgan fingerprint density at radius 1 is 0.918 bits per heavy atom. The van der Waals surface area contributed by atoms with E-state index in [1.165, 1.54) is 42.8 Å². The fourth-order valence-electron chi connectivity index (χ4n) is 13.5. The summed E-state index contributed by atoms with van der Waals surface area (Å²) in [6.45, 7) is 22.6. The van der Waals surface area contributed by atoms with E-state index >= 15 is 0 Å². The molecular formula is C44H61N3O2. The van der Waals surface area contributed by atoms with E-state index in [1.807, 2.05) is 18.2 Å². The maximum Gasteiger partial charge on any atom is 0.313 e. The third-order valence-corrected chi connectivity index (χ3v) is 16.4. The molecule has 0 bridgehead atoms. The molecule has 4 fully saturated rings. The van der Waals surface area contributed by atoms with Crippen LogP contribution < -0.4 is 4.90 Å². The number of hydrogen-bond donors (Lipinski definition) is 0. The zero-order valence-corrected chi connectivity index (χ0v) is 31.7. The van der Waals surface area contributed by atoms with Gasteiger partial charge in [0.05, 0.1) is 11.1 Å². The van der Waals surface area contributed by atoms with Crippen molar-refractivity contribution in [1.82, 2.24) is 9.97 Å². The standard InChI is InChI=1S/C44H61N3O2/c1-28-18-21-44(39(48)49-27-31-14-10-9-11-15-31)23-22-42(7)33(36(44)29(28)2)16-17-35-41(6)26-32-37(40(4,5)34(41)19-20-43(35,42)8)45-30(3)46-38(32)47-24-12-13-25-47/h9-11,14-16,28-29,34-36H,12-13,17-27H2,1-8H3/t28-,29+,34+,35-,36+,41+,42-,43-,44+/m1/s1.